The second-order valence-corrected chi connectivity index (χ2v) is 6.18. The van der Waals surface area contributed by atoms with Crippen LogP contribution in [0.2, 0.25) is 0 Å². The highest BCUT2D eigenvalue weighted by Gasteiger charge is 2.33. The van der Waals surface area contributed by atoms with E-state index in [9.17, 15) is 25.0 Å². The quantitative estimate of drug-likeness (QED) is 0.338. The van der Waals surface area contributed by atoms with Crippen molar-refractivity contribution in [3.63, 3.8) is 0 Å². The van der Waals surface area contributed by atoms with Crippen molar-refractivity contribution >= 4 is 23.6 Å². The number of rotatable bonds is 4. The summed E-state index contributed by atoms with van der Waals surface area (Å²) in [6.07, 6.45) is 1.40. The van der Waals surface area contributed by atoms with Crippen LogP contribution in [0.4, 0.5) is 5.69 Å². The molecule has 0 aliphatic carbocycles. The van der Waals surface area contributed by atoms with Gasteiger partial charge in [-0.25, -0.2) is 0 Å². The van der Waals surface area contributed by atoms with Crippen molar-refractivity contribution in [1.29, 1.82) is 5.26 Å². The molecule has 0 atom stereocenters. The summed E-state index contributed by atoms with van der Waals surface area (Å²) >= 11 is 0. The highest BCUT2D eigenvalue weighted by atomic mass is 16.6. The molecule has 9 nitrogen and oxygen atoms in total. The van der Waals surface area contributed by atoms with Crippen LogP contribution in [0, 0.1) is 21.4 Å². The number of methoxy groups -OCH3 is 1. The number of hydrogen-bond donors (Lipinski definition) is 0. The third-order valence-corrected chi connectivity index (χ3v) is 4.52. The van der Waals surface area contributed by atoms with E-state index >= 15 is 0 Å². The van der Waals surface area contributed by atoms with Crippen molar-refractivity contribution in [2.45, 2.75) is 6.92 Å². The predicted octanol–water partition coefficient (Wildman–Crippen LogP) is 3.09. The average molecular weight is 393 g/mol. The topological polar surface area (TPSA) is 127 Å². The van der Waals surface area contributed by atoms with Gasteiger partial charge in [0.15, 0.2) is 0 Å². The van der Waals surface area contributed by atoms with Gasteiger partial charge in [-0.2, -0.15) is 5.26 Å². The van der Waals surface area contributed by atoms with E-state index in [0.29, 0.717) is 5.75 Å². The molecule has 0 radical (unpaired) electrons. The number of nitro benzene ring substituents is 1. The molecule has 2 amide bonds. The standard InChI is InChI=1S/C20H15N3O6/c1-11-15(19(24)22(2)20(25)16(11)10-21)8-13-5-7-18(29-13)14-6-4-12(28-3)9-17(14)23(26)27/h4-9H,1-3H3/b15-8+. The third kappa shape index (κ3) is 3.39. The number of amides is 2. The third-order valence-electron chi connectivity index (χ3n) is 4.52. The predicted molar refractivity (Wildman–Crippen MR) is 101 cm³/mol. The van der Waals surface area contributed by atoms with E-state index in [0.717, 1.165) is 4.90 Å². The van der Waals surface area contributed by atoms with Gasteiger partial charge in [-0.3, -0.25) is 24.6 Å². The maximum absolute atomic E-state index is 12.5. The zero-order chi connectivity index (χ0) is 21.3. The summed E-state index contributed by atoms with van der Waals surface area (Å²) in [5.74, 6) is -0.436. The molecule has 1 aliphatic heterocycles. The maximum atomic E-state index is 12.5. The van der Waals surface area contributed by atoms with Crippen LogP contribution in [0.5, 0.6) is 5.75 Å². The minimum absolute atomic E-state index is 0.129. The van der Waals surface area contributed by atoms with Crippen LogP contribution >= 0.6 is 0 Å². The van der Waals surface area contributed by atoms with Crippen molar-refractivity contribution in [2.24, 2.45) is 0 Å². The highest BCUT2D eigenvalue weighted by Crippen LogP contribution is 2.35. The fourth-order valence-electron chi connectivity index (χ4n) is 2.91. The number of likely N-dealkylation sites (N-methyl/N-ethyl adjacent to an activating group) is 1. The number of furan rings is 1. The van der Waals surface area contributed by atoms with Gasteiger partial charge in [0.2, 0.25) is 0 Å². The normalized spacial score (nSPS) is 15.7. The number of nitriles is 1. The lowest BCUT2D eigenvalue weighted by Crippen LogP contribution is -2.39. The molecule has 29 heavy (non-hydrogen) atoms. The van der Waals surface area contributed by atoms with E-state index in [4.69, 9.17) is 9.15 Å². The molecular weight excluding hydrogens is 378 g/mol. The maximum Gasteiger partial charge on any atom is 0.284 e. The summed E-state index contributed by atoms with van der Waals surface area (Å²) in [6, 6.07) is 9.24. The molecular formula is C20H15N3O6. The molecule has 2 heterocycles. The van der Waals surface area contributed by atoms with E-state index in [-0.39, 0.29) is 39.5 Å². The number of ether oxygens (including phenoxy) is 1. The smallest absolute Gasteiger partial charge is 0.284 e. The van der Waals surface area contributed by atoms with Crippen LogP contribution in [-0.4, -0.2) is 35.8 Å². The molecule has 3 rings (SSSR count). The summed E-state index contributed by atoms with van der Waals surface area (Å²) < 4.78 is 10.7. The lowest BCUT2D eigenvalue weighted by molar-refractivity contribution is -0.384. The first-order chi connectivity index (χ1) is 13.8. The Kier molecular flexibility index (Phi) is 5.02. The van der Waals surface area contributed by atoms with E-state index in [1.165, 1.54) is 45.4 Å². The molecule has 0 saturated heterocycles. The molecule has 0 fully saturated rings. The number of nitro groups is 1. The van der Waals surface area contributed by atoms with Crippen LogP contribution in [0.15, 0.2) is 51.5 Å². The molecule has 1 aromatic carbocycles. The van der Waals surface area contributed by atoms with Gasteiger partial charge in [-0.05, 0) is 42.8 Å². The van der Waals surface area contributed by atoms with E-state index in [1.807, 2.05) is 6.07 Å². The van der Waals surface area contributed by atoms with Gasteiger partial charge >= 0.3 is 0 Å². The zero-order valence-electron chi connectivity index (χ0n) is 15.8. The molecule has 2 aromatic rings. The fourth-order valence-corrected chi connectivity index (χ4v) is 2.91. The first-order valence-corrected chi connectivity index (χ1v) is 8.36. The van der Waals surface area contributed by atoms with Crippen molar-refractivity contribution in [2.75, 3.05) is 14.2 Å². The number of benzene rings is 1. The lowest BCUT2D eigenvalue weighted by atomic mass is 9.95. The molecule has 0 spiro atoms. The second-order valence-electron chi connectivity index (χ2n) is 6.18. The zero-order valence-corrected chi connectivity index (χ0v) is 15.8. The SMILES string of the molecule is COc1ccc(-c2ccc(/C=C3/C(=O)N(C)C(=O)C(C#N)=C3C)o2)c([N+](=O)[O-])c1. The van der Waals surface area contributed by atoms with Gasteiger partial charge in [-0.15, -0.1) is 0 Å². The highest BCUT2D eigenvalue weighted by molar-refractivity contribution is 6.19. The van der Waals surface area contributed by atoms with Crippen molar-refractivity contribution in [3.05, 3.63) is 62.9 Å². The second kappa shape index (κ2) is 7.44. The molecule has 1 aromatic heterocycles. The largest absolute Gasteiger partial charge is 0.497 e. The Labute approximate surface area is 165 Å². The molecule has 146 valence electrons. The van der Waals surface area contributed by atoms with Crippen LogP contribution in [0.1, 0.15) is 12.7 Å². The lowest BCUT2D eigenvalue weighted by Gasteiger charge is -2.23. The molecule has 9 heteroatoms. The van der Waals surface area contributed by atoms with Gasteiger partial charge in [0, 0.05) is 12.6 Å². The summed E-state index contributed by atoms with van der Waals surface area (Å²) in [6.45, 7) is 1.51. The Morgan fingerprint density at radius 3 is 2.59 bits per heavy atom. The Hall–Kier alpha value is -4.19. The Morgan fingerprint density at radius 1 is 1.24 bits per heavy atom. The first kappa shape index (κ1) is 19.6. The van der Waals surface area contributed by atoms with Crippen LogP contribution in [-0.2, 0) is 9.59 Å². The number of hydrogen-bond acceptors (Lipinski definition) is 7. The Balaban J connectivity index is 2.07. The van der Waals surface area contributed by atoms with Gasteiger partial charge in [0.1, 0.15) is 28.9 Å². The van der Waals surface area contributed by atoms with Crippen molar-refractivity contribution < 1.29 is 23.7 Å². The van der Waals surface area contributed by atoms with Crippen LogP contribution in [0.3, 0.4) is 0 Å². The first-order valence-electron chi connectivity index (χ1n) is 8.36. The minimum Gasteiger partial charge on any atom is -0.497 e. The number of nitrogens with zero attached hydrogens (tertiary/aromatic N) is 3. The fraction of sp³-hybridized carbons (Fsp3) is 0.150. The summed E-state index contributed by atoms with van der Waals surface area (Å²) in [5.41, 5.74) is 0.297. The number of imide groups is 1. The van der Waals surface area contributed by atoms with E-state index < -0.39 is 16.7 Å². The van der Waals surface area contributed by atoms with Crippen molar-refractivity contribution in [3.8, 4) is 23.1 Å². The summed E-state index contributed by atoms with van der Waals surface area (Å²) in [5, 5.41) is 20.6. The molecule has 0 saturated carbocycles. The number of carbonyl (C=O) groups excluding carboxylic acids is 2. The van der Waals surface area contributed by atoms with E-state index in [1.54, 1.807) is 12.1 Å². The van der Waals surface area contributed by atoms with Crippen LogP contribution < -0.4 is 4.74 Å². The molecule has 0 N–H and O–H groups in total. The molecule has 0 unspecified atom stereocenters. The van der Waals surface area contributed by atoms with Gasteiger partial charge in [-0.1, -0.05) is 0 Å². The van der Waals surface area contributed by atoms with E-state index in [2.05, 4.69) is 0 Å². The van der Waals surface area contributed by atoms with Gasteiger partial charge in [0.25, 0.3) is 17.5 Å². The molecule has 1 aliphatic rings. The summed E-state index contributed by atoms with van der Waals surface area (Å²) in [7, 11) is 2.70. The average Bonchev–Trinajstić information content (AvgIpc) is 3.18. The Bertz CT molecular complexity index is 1150. The molecule has 0 bridgehead atoms. The van der Waals surface area contributed by atoms with Gasteiger partial charge in [0.05, 0.1) is 23.7 Å². The summed E-state index contributed by atoms with van der Waals surface area (Å²) in [4.78, 5) is 36.2. The number of carbonyl (C=O) groups is 2. The monoisotopic (exact) mass is 393 g/mol. The minimum atomic E-state index is -0.666. The van der Waals surface area contributed by atoms with Crippen LogP contribution in [0.25, 0.3) is 17.4 Å². The Morgan fingerprint density at radius 2 is 1.97 bits per heavy atom. The van der Waals surface area contributed by atoms with Gasteiger partial charge < -0.3 is 9.15 Å². The van der Waals surface area contributed by atoms with Crippen molar-refractivity contribution in [1.82, 2.24) is 4.90 Å².